The van der Waals surface area contributed by atoms with Crippen LogP contribution in [-0.2, 0) is 0 Å². The third-order valence-electron chi connectivity index (χ3n) is 0.936. The van der Waals surface area contributed by atoms with Crippen molar-refractivity contribution in [1.82, 2.24) is 0 Å². The molecule has 0 saturated carbocycles. The van der Waals surface area contributed by atoms with E-state index >= 15 is 0 Å². The maximum atomic E-state index is 10.0. The Balaban J connectivity index is -0.000000213. The van der Waals surface area contributed by atoms with Crippen molar-refractivity contribution in [3.05, 3.63) is 35.9 Å². The average Bonchev–Trinajstić information content (AvgIpc) is 1.90. The topological polar surface area (TPSA) is 17.1 Å². The van der Waals surface area contributed by atoms with E-state index in [1.165, 1.54) is 0 Å². The van der Waals surface area contributed by atoms with Crippen LogP contribution >= 0.6 is 13.5 Å². The van der Waals surface area contributed by atoms with E-state index in [0.29, 0.717) is 0 Å². The number of carbonyl (C=O) groups is 1. The summed E-state index contributed by atoms with van der Waals surface area (Å²) in [5.74, 6) is 0. The number of hydrogen-bond acceptors (Lipinski definition) is 1. The smallest absolute Gasteiger partial charge is 1.00 e. The first-order valence-corrected chi connectivity index (χ1v) is 2.44. The molecule has 0 N–H and O–H groups in total. The number of benzene rings is 1. The first kappa shape index (κ1) is 12.9. The van der Waals surface area contributed by atoms with E-state index in [0.717, 1.165) is 11.8 Å². The Bertz CT molecular complexity index is 181. The minimum Gasteiger partial charge on any atom is -1.00 e. The van der Waals surface area contributed by atoms with Gasteiger partial charge in [0.1, 0.15) is 6.29 Å². The summed E-state index contributed by atoms with van der Waals surface area (Å²) in [4.78, 5) is 10.0. The molecule has 0 heterocycles. The maximum Gasteiger partial charge on any atom is 1.00 e. The zero-order valence-electron chi connectivity index (χ0n) is 6.87. The molecule has 0 unspecified atom stereocenters. The molecule has 0 spiro atoms. The molecule has 0 fully saturated rings. The van der Waals surface area contributed by atoms with Gasteiger partial charge in [-0.1, -0.05) is 30.3 Å². The molecule has 0 aliphatic carbocycles. The second-order valence-electron chi connectivity index (χ2n) is 1.53. The summed E-state index contributed by atoms with van der Waals surface area (Å²) in [7, 11) is 0. The van der Waals surface area contributed by atoms with Crippen molar-refractivity contribution in [3.8, 4) is 0 Å². The van der Waals surface area contributed by atoms with Crippen molar-refractivity contribution in [2.24, 2.45) is 0 Å². The van der Waals surface area contributed by atoms with E-state index in [4.69, 9.17) is 0 Å². The fourth-order valence-electron chi connectivity index (χ4n) is 0.532. The van der Waals surface area contributed by atoms with E-state index in [9.17, 15) is 4.79 Å². The maximum absolute atomic E-state index is 10.0. The molecular weight excluding hydrogens is 155 g/mol. The Hall–Kier alpha value is 0.240. The third kappa shape index (κ3) is 4.12. The summed E-state index contributed by atoms with van der Waals surface area (Å²) in [6, 6.07) is 9.10. The van der Waals surface area contributed by atoms with Crippen LogP contribution in [-0.4, -0.2) is 6.29 Å². The van der Waals surface area contributed by atoms with Gasteiger partial charge in [-0.3, -0.25) is 4.79 Å². The Morgan fingerprint density at radius 2 is 1.70 bits per heavy atom. The molecule has 0 saturated heterocycles. The zero-order valence-corrected chi connectivity index (χ0v) is 8.87. The van der Waals surface area contributed by atoms with Crippen LogP contribution in [0.4, 0.5) is 0 Å². The molecule has 10 heavy (non-hydrogen) atoms. The summed E-state index contributed by atoms with van der Waals surface area (Å²) >= 11 is 0. The van der Waals surface area contributed by atoms with Crippen LogP contribution in [0.1, 0.15) is 11.8 Å². The first-order valence-electron chi connectivity index (χ1n) is 2.44. The molecule has 1 aromatic rings. The first-order chi connectivity index (χ1) is 3.93. The van der Waals surface area contributed by atoms with Gasteiger partial charge in [-0.05, 0) is 0 Å². The second kappa shape index (κ2) is 7.35. The van der Waals surface area contributed by atoms with Crippen LogP contribution in [0, 0.1) is 0 Å². The van der Waals surface area contributed by atoms with Gasteiger partial charge >= 0.3 is 29.6 Å². The van der Waals surface area contributed by atoms with Crippen molar-refractivity contribution in [2.75, 3.05) is 0 Å². The zero-order chi connectivity index (χ0) is 5.82. The fourth-order valence-corrected chi connectivity index (χ4v) is 0.532. The summed E-state index contributed by atoms with van der Waals surface area (Å²) < 4.78 is 0. The molecule has 1 aromatic carbocycles. The van der Waals surface area contributed by atoms with E-state index in [1.807, 2.05) is 18.2 Å². The third-order valence-corrected chi connectivity index (χ3v) is 0.936. The predicted molar refractivity (Wildman–Crippen MR) is 43.3 cm³/mol. The molecule has 0 aliphatic heterocycles. The van der Waals surface area contributed by atoms with Crippen LogP contribution in [0.25, 0.3) is 0 Å². The molecule has 0 atom stereocenters. The van der Waals surface area contributed by atoms with Crippen molar-refractivity contribution >= 4 is 19.8 Å². The Morgan fingerprint density at radius 3 is 2.00 bits per heavy atom. The fraction of sp³-hybridized carbons (Fsp3) is 0. The van der Waals surface area contributed by atoms with Gasteiger partial charge in [-0.15, -0.1) is 0 Å². The van der Waals surface area contributed by atoms with Crippen LogP contribution in [0.5, 0.6) is 0 Å². The standard InChI is InChI=1S/C7H6O.Na.H2S.H/c8-6-7-4-2-1-3-5-7;;;/h1-6H;;1H2;/q;+1;;-1. The molecule has 0 radical (unpaired) electrons. The molecule has 0 aliphatic rings. The molecule has 0 amide bonds. The summed E-state index contributed by atoms with van der Waals surface area (Å²) in [6.07, 6.45) is 0.833. The van der Waals surface area contributed by atoms with Gasteiger partial charge < -0.3 is 1.43 Å². The molecule has 1 nitrogen and oxygen atoms in total. The van der Waals surface area contributed by atoms with Gasteiger partial charge in [0, 0.05) is 5.56 Å². The van der Waals surface area contributed by atoms with Crippen molar-refractivity contribution in [3.63, 3.8) is 0 Å². The van der Waals surface area contributed by atoms with Gasteiger partial charge in [-0.25, -0.2) is 0 Å². The van der Waals surface area contributed by atoms with Crippen molar-refractivity contribution < 1.29 is 35.8 Å². The van der Waals surface area contributed by atoms with Crippen LogP contribution < -0.4 is 29.6 Å². The van der Waals surface area contributed by atoms with E-state index < -0.39 is 0 Å². The van der Waals surface area contributed by atoms with Crippen LogP contribution in [0.15, 0.2) is 30.3 Å². The largest absolute Gasteiger partial charge is 1.00 e. The van der Waals surface area contributed by atoms with Crippen LogP contribution in [0.2, 0.25) is 0 Å². The van der Waals surface area contributed by atoms with E-state index in [2.05, 4.69) is 0 Å². The van der Waals surface area contributed by atoms with Crippen LogP contribution in [0.3, 0.4) is 0 Å². The Labute approximate surface area is 91.0 Å². The van der Waals surface area contributed by atoms with Gasteiger partial charge in [0.2, 0.25) is 0 Å². The molecule has 1 rings (SSSR count). The number of rotatable bonds is 1. The van der Waals surface area contributed by atoms with Gasteiger partial charge in [0.15, 0.2) is 0 Å². The van der Waals surface area contributed by atoms with E-state index in [1.54, 1.807) is 12.1 Å². The number of hydrogen-bond donors (Lipinski definition) is 0. The molecular formula is C7H9NaOS. The molecule has 50 valence electrons. The second-order valence-corrected chi connectivity index (χ2v) is 1.53. The number of aldehydes is 1. The monoisotopic (exact) mass is 164 g/mol. The molecule has 3 heteroatoms. The average molecular weight is 164 g/mol. The Morgan fingerprint density at radius 1 is 1.20 bits per heavy atom. The summed E-state index contributed by atoms with van der Waals surface area (Å²) in [5.41, 5.74) is 0.729. The number of carbonyl (C=O) groups excluding carboxylic acids is 1. The van der Waals surface area contributed by atoms with Crippen molar-refractivity contribution in [1.29, 1.82) is 0 Å². The Kier molecular flexibility index (Phi) is 9.46. The SMILES string of the molecule is O=Cc1ccccc1.S.[H-].[Na+]. The molecule has 0 aromatic heterocycles. The van der Waals surface area contributed by atoms with Gasteiger partial charge in [-0.2, -0.15) is 13.5 Å². The van der Waals surface area contributed by atoms with Crippen molar-refractivity contribution in [2.45, 2.75) is 0 Å². The van der Waals surface area contributed by atoms with E-state index in [-0.39, 0.29) is 44.5 Å². The summed E-state index contributed by atoms with van der Waals surface area (Å²) in [6.45, 7) is 0. The molecule has 0 bridgehead atoms. The van der Waals surface area contributed by atoms with Gasteiger partial charge in [0.25, 0.3) is 0 Å². The predicted octanol–water partition coefficient (Wildman–Crippen LogP) is -1.27. The minimum absolute atomic E-state index is 0. The minimum atomic E-state index is 0. The summed E-state index contributed by atoms with van der Waals surface area (Å²) in [5, 5.41) is 0. The normalized spacial score (nSPS) is 6.80. The quantitative estimate of drug-likeness (QED) is 0.373. The van der Waals surface area contributed by atoms with Gasteiger partial charge in [0.05, 0.1) is 0 Å².